The van der Waals surface area contributed by atoms with E-state index >= 15 is 0 Å². The van der Waals surface area contributed by atoms with E-state index in [0.717, 1.165) is 70.6 Å². The molecule has 0 amide bonds. The van der Waals surface area contributed by atoms with Crippen molar-refractivity contribution in [1.29, 1.82) is 0 Å². The molecule has 0 fully saturated rings. The summed E-state index contributed by atoms with van der Waals surface area (Å²) in [6.45, 7) is 4.03. The van der Waals surface area contributed by atoms with Gasteiger partial charge in [0.25, 0.3) is 7.82 Å². The lowest BCUT2D eigenvalue weighted by molar-refractivity contribution is -0.870. The van der Waals surface area contributed by atoms with Crippen LogP contribution in [-0.2, 0) is 37.5 Å². The number of phosphoric acid groups is 1. The highest BCUT2D eigenvalue weighted by molar-refractivity contribution is 7.45. The molecule has 2 atom stereocenters. The molecule has 0 aliphatic rings. The number of allylic oxidation sites excluding steroid dienone is 6. The minimum absolute atomic E-state index is 0.0467. The summed E-state index contributed by atoms with van der Waals surface area (Å²) < 4.78 is 33.9. The maximum absolute atomic E-state index is 12.7. The predicted molar refractivity (Wildman–Crippen MR) is 250 cm³/mol. The Hall–Kier alpha value is -2.10. The largest absolute Gasteiger partial charge is 0.756 e. The van der Waals surface area contributed by atoms with Crippen LogP contribution in [-0.4, -0.2) is 75.8 Å². The molecule has 0 bridgehead atoms. The average molecular weight is 882 g/mol. The Labute approximate surface area is 374 Å². The van der Waals surface area contributed by atoms with E-state index in [1.54, 1.807) is 6.08 Å². The third-order valence-corrected chi connectivity index (χ3v) is 11.6. The second-order valence-corrected chi connectivity index (χ2v) is 19.3. The summed E-state index contributed by atoms with van der Waals surface area (Å²) in [4.78, 5) is 49.4. The summed E-state index contributed by atoms with van der Waals surface area (Å²) in [5.41, 5.74) is 0. The lowest BCUT2D eigenvalue weighted by Gasteiger charge is -2.28. The molecule has 0 aliphatic heterocycles. The maximum Gasteiger partial charge on any atom is 0.306 e. The molecule has 10 nitrogen and oxygen atoms in total. The number of esters is 2. The Kier molecular flexibility index (Phi) is 40.4. The van der Waals surface area contributed by atoms with Crippen molar-refractivity contribution < 1.29 is 46.8 Å². The smallest absolute Gasteiger partial charge is 0.306 e. The van der Waals surface area contributed by atoms with Crippen molar-refractivity contribution in [3.8, 4) is 0 Å². The standard InChI is InChI=1S/C50H92NO9P/c1-6-8-10-11-12-13-14-15-16-17-18-19-20-21-22-23-24-27-30-33-37-41-49(53)57-45-48(46-59-61(55,56)58-44-43-51(3,4)5)60-50(54)42-38-34-31-28-25-26-29-32-36-40-47(52)39-35-9-7-2/h15-16,29,32,36,40,48H,6-14,17-28,30-31,33-35,37-39,41-46H2,1-5H3/b16-15-,32-29-,40-36+/t48-/m1/s1. The van der Waals surface area contributed by atoms with Crippen molar-refractivity contribution >= 4 is 25.5 Å². The van der Waals surface area contributed by atoms with Gasteiger partial charge in [-0.25, -0.2) is 0 Å². The average Bonchev–Trinajstić information content (AvgIpc) is 3.21. The number of hydrogen-bond donors (Lipinski definition) is 0. The summed E-state index contributed by atoms with van der Waals surface area (Å²) >= 11 is 0. The van der Waals surface area contributed by atoms with Crippen molar-refractivity contribution in [2.75, 3.05) is 47.5 Å². The number of nitrogens with zero attached hydrogens (tertiary/aromatic N) is 1. The number of phosphoric ester groups is 1. The molecule has 0 aromatic rings. The Morgan fingerprint density at radius 2 is 0.984 bits per heavy atom. The summed E-state index contributed by atoms with van der Waals surface area (Å²) in [6.07, 6.45) is 44.4. The van der Waals surface area contributed by atoms with Gasteiger partial charge in [-0.2, -0.15) is 0 Å². The SMILES string of the molecule is CCCCCCCC/C=C\CCCCCCCCCCCCCC(=O)OC[C@H](COP(=O)([O-])OCC[N+](C)(C)C)OC(=O)CCCCCCC/C=C\C=C\C(=O)CCCCC. The minimum atomic E-state index is -4.65. The van der Waals surface area contributed by atoms with Gasteiger partial charge in [0.2, 0.25) is 0 Å². The van der Waals surface area contributed by atoms with Crippen LogP contribution < -0.4 is 4.89 Å². The van der Waals surface area contributed by atoms with Crippen molar-refractivity contribution in [1.82, 2.24) is 0 Å². The van der Waals surface area contributed by atoms with E-state index in [4.69, 9.17) is 18.5 Å². The first-order chi connectivity index (χ1) is 29.4. The summed E-state index contributed by atoms with van der Waals surface area (Å²) in [7, 11) is 1.11. The molecular formula is C50H92NO9P. The van der Waals surface area contributed by atoms with Gasteiger partial charge in [0.1, 0.15) is 19.8 Å². The zero-order chi connectivity index (χ0) is 45.1. The molecule has 0 heterocycles. The van der Waals surface area contributed by atoms with E-state index < -0.39 is 32.5 Å². The molecule has 0 rings (SSSR count). The van der Waals surface area contributed by atoms with E-state index in [2.05, 4.69) is 32.1 Å². The number of rotatable bonds is 45. The molecule has 0 radical (unpaired) electrons. The quantitative estimate of drug-likeness (QED) is 0.0112. The molecule has 61 heavy (non-hydrogen) atoms. The Balaban J connectivity index is 4.30. The minimum Gasteiger partial charge on any atom is -0.756 e. The van der Waals surface area contributed by atoms with E-state index in [9.17, 15) is 23.8 Å². The van der Waals surface area contributed by atoms with Crippen molar-refractivity contribution in [3.63, 3.8) is 0 Å². The monoisotopic (exact) mass is 882 g/mol. The Morgan fingerprint density at radius 1 is 0.541 bits per heavy atom. The number of likely N-dealkylation sites (N-methyl/N-ethyl adjacent to an activating group) is 1. The van der Waals surface area contributed by atoms with Crippen molar-refractivity contribution in [2.24, 2.45) is 0 Å². The van der Waals surface area contributed by atoms with Crippen LogP contribution in [0.15, 0.2) is 36.5 Å². The molecule has 0 aromatic carbocycles. The van der Waals surface area contributed by atoms with E-state index in [1.807, 2.05) is 33.3 Å². The molecule has 0 saturated heterocycles. The van der Waals surface area contributed by atoms with Crippen molar-refractivity contribution in [2.45, 2.75) is 219 Å². The molecule has 1 unspecified atom stereocenters. The van der Waals surface area contributed by atoms with Gasteiger partial charge in [-0.1, -0.05) is 166 Å². The van der Waals surface area contributed by atoms with E-state index in [0.29, 0.717) is 23.9 Å². The molecular weight excluding hydrogens is 790 g/mol. The second kappa shape index (κ2) is 41.9. The lowest BCUT2D eigenvalue weighted by Crippen LogP contribution is -2.37. The highest BCUT2D eigenvalue weighted by Crippen LogP contribution is 2.38. The van der Waals surface area contributed by atoms with E-state index in [1.165, 1.54) is 103 Å². The summed E-state index contributed by atoms with van der Waals surface area (Å²) in [6, 6.07) is 0. The van der Waals surface area contributed by atoms with Crippen LogP contribution in [0.4, 0.5) is 0 Å². The third-order valence-electron chi connectivity index (χ3n) is 10.6. The number of quaternary nitrogens is 1. The van der Waals surface area contributed by atoms with Crippen LogP contribution in [0, 0.1) is 0 Å². The molecule has 0 aromatic heterocycles. The lowest BCUT2D eigenvalue weighted by atomic mass is 10.0. The summed E-state index contributed by atoms with van der Waals surface area (Å²) in [5.74, 6) is -0.718. The maximum atomic E-state index is 12.7. The first-order valence-electron chi connectivity index (χ1n) is 24.6. The highest BCUT2D eigenvalue weighted by Gasteiger charge is 2.21. The topological polar surface area (TPSA) is 128 Å². The number of ether oxygens (including phenoxy) is 2. The Morgan fingerprint density at radius 3 is 1.51 bits per heavy atom. The van der Waals surface area contributed by atoms with Crippen molar-refractivity contribution in [3.05, 3.63) is 36.5 Å². The molecule has 0 N–H and O–H groups in total. The second-order valence-electron chi connectivity index (χ2n) is 17.9. The van der Waals surface area contributed by atoms with Gasteiger partial charge < -0.3 is 27.9 Å². The van der Waals surface area contributed by atoms with Crippen LogP contribution in [0.3, 0.4) is 0 Å². The first-order valence-corrected chi connectivity index (χ1v) is 26.1. The van der Waals surface area contributed by atoms with Gasteiger partial charge in [0, 0.05) is 19.3 Å². The fourth-order valence-corrected chi connectivity index (χ4v) is 7.42. The van der Waals surface area contributed by atoms with Crippen LogP contribution in [0.5, 0.6) is 0 Å². The number of unbranched alkanes of at least 4 members (excludes halogenated alkanes) is 24. The van der Waals surface area contributed by atoms with E-state index in [-0.39, 0.29) is 31.8 Å². The molecule has 0 aliphatic carbocycles. The number of hydrogen-bond acceptors (Lipinski definition) is 9. The number of carbonyl (C=O) groups is 3. The van der Waals surface area contributed by atoms with Gasteiger partial charge >= 0.3 is 11.9 Å². The summed E-state index contributed by atoms with van der Waals surface area (Å²) in [5, 5.41) is 0. The predicted octanol–water partition coefficient (Wildman–Crippen LogP) is 13.0. The third kappa shape index (κ3) is 45.7. The van der Waals surface area contributed by atoms with Gasteiger partial charge in [0.05, 0.1) is 27.7 Å². The normalized spacial score (nSPS) is 13.7. The molecule has 0 spiro atoms. The zero-order valence-corrected chi connectivity index (χ0v) is 40.8. The fraction of sp³-hybridized carbons (Fsp3) is 0.820. The molecule has 0 saturated carbocycles. The molecule has 356 valence electrons. The van der Waals surface area contributed by atoms with Gasteiger partial charge in [-0.05, 0) is 63.9 Å². The van der Waals surface area contributed by atoms with Gasteiger partial charge in [-0.3, -0.25) is 18.9 Å². The zero-order valence-electron chi connectivity index (χ0n) is 39.9. The van der Waals surface area contributed by atoms with Gasteiger partial charge in [-0.15, -0.1) is 0 Å². The fourth-order valence-electron chi connectivity index (χ4n) is 6.69. The number of carbonyl (C=O) groups excluding carboxylic acids is 3. The number of ketones is 1. The van der Waals surface area contributed by atoms with Crippen LogP contribution in [0.1, 0.15) is 213 Å². The Bertz CT molecular complexity index is 1200. The van der Waals surface area contributed by atoms with Crippen LogP contribution >= 0.6 is 7.82 Å². The molecule has 11 heteroatoms. The van der Waals surface area contributed by atoms with Crippen LogP contribution in [0.25, 0.3) is 0 Å². The highest BCUT2D eigenvalue weighted by atomic mass is 31.2. The van der Waals surface area contributed by atoms with Crippen LogP contribution in [0.2, 0.25) is 0 Å². The van der Waals surface area contributed by atoms with Gasteiger partial charge in [0.15, 0.2) is 11.9 Å². The first kappa shape index (κ1) is 58.9.